The van der Waals surface area contributed by atoms with E-state index in [0.717, 1.165) is 19.4 Å². The third kappa shape index (κ3) is 3.15. The monoisotopic (exact) mass is 155 g/mol. The lowest BCUT2D eigenvalue weighted by atomic mass is 10.3. The normalized spacial score (nSPS) is 10.3. The van der Waals surface area contributed by atoms with Gasteiger partial charge in [-0.2, -0.15) is 0 Å². The summed E-state index contributed by atoms with van der Waals surface area (Å²) >= 11 is 0. The Kier molecular flexibility index (Phi) is 3.64. The van der Waals surface area contributed by atoms with E-state index in [2.05, 4.69) is 9.82 Å². The van der Waals surface area contributed by atoms with Crippen LogP contribution in [0.3, 0.4) is 0 Å². The first-order chi connectivity index (χ1) is 5.43. The van der Waals surface area contributed by atoms with E-state index < -0.39 is 0 Å². The van der Waals surface area contributed by atoms with E-state index in [0.29, 0.717) is 6.61 Å². The van der Waals surface area contributed by atoms with E-state index in [9.17, 15) is 0 Å². The average molecular weight is 155 g/mol. The summed E-state index contributed by atoms with van der Waals surface area (Å²) in [6.07, 6.45) is 7.61. The van der Waals surface area contributed by atoms with Crippen molar-refractivity contribution in [3.63, 3.8) is 0 Å². The predicted octanol–water partition coefficient (Wildman–Crippen LogP) is 0.554. The lowest BCUT2D eigenvalue weighted by Crippen LogP contribution is -2.02. The van der Waals surface area contributed by atoms with E-state index in [4.69, 9.17) is 5.90 Å². The van der Waals surface area contributed by atoms with E-state index in [1.807, 2.05) is 17.1 Å². The fourth-order valence-electron chi connectivity index (χ4n) is 0.899. The molecule has 1 aromatic heterocycles. The van der Waals surface area contributed by atoms with Gasteiger partial charge < -0.3 is 9.40 Å². The number of imidazole rings is 1. The van der Waals surface area contributed by atoms with E-state index in [-0.39, 0.29) is 0 Å². The molecule has 1 heterocycles. The van der Waals surface area contributed by atoms with E-state index in [1.165, 1.54) is 0 Å². The van der Waals surface area contributed by atoms with Crippen LogP contribution in [0, 0.1) is 0 Å². The Morgan fingerprint density at radius 1 is 1.45 bits per heavy atom. The molecule has 62 valence electrons. The summed E-state index contributed by atoms with van der Waals surface area (Å²) in [5.74, 6) is 4.87. The first-order valence-corrected chi connectivity index (χ1v) is 3.71. The van der Waals surface area contributed by atoms with Crippen LogP contribution < -0.4 is 5.90 Å². The first-order valence-electron chi connectivity index (χ1n) is 3.71. The number of nitrogens with zero attached hydrogens (tertiary/aromatic N) is 2. The van der Waals surface area contributed by atoms with Gasteiger partial charge in [0.15, 0.2) is 0 Å². The molecule has 0 atom stereocenters. The van der Waals surface area contributed by atoms with Gasteiger partial charge >= 0.3 is 0 Å². The maximum Gasteiger partial charge on any atom is 0.0945 e. The molecule has 1 aromatic rings. The van der Waals surface area contributed by atoms with Crippen molar-refractivity contribution in [1.29, 1.82) is 0 Å². The predicted molar refractivity (Wildman–Crippen MR) is 41.6 cm³/mol. The standard InChI is InChI=1S/C7H13N3O/c8-11-6-2-1-4-10-5-3-9-7-10/h3,5,7H,1-2,4,6,8H2. The zero-order valence-corrected chi connectivity index (χ0v) is 6.44. The van der Waals surface area contributed by atoms with E-state index >= 15 is 0 Å². The molecule has 0 fully saturated rings. The largest absolute Gasteiger partial charge is 0.337 e. The molecule has 0 saturated carbocycles. The molecule has 0 spiro atoms. The molecule has 0 aromatic carbocycles. The maximum absolute atomic E-state index is 4.87. The lowest BCUT2D eigenvalue weighted by molar-refractivity contribution is 0.133. The van der Waals surface area contributed by atoms with Crippen molar-refractivity contribution in [3.8, 4) is 0 Å². The van der Waals surface area contributed by atoms with Gasteiger partial charge in [0.05, 0.1) is 12.9 Å². The van der Waals surface area contributed by atoms with Gasteiger partial charge in [0.25, 0.3) is 0 Å². The molecule has 11 heavy (non-hydrogen) atoms. The highest BCUT2D eigenvalue weighted by molar-refractivity contribution is 4.73. The van der Waals surface area contributed by atoms with Crippen molar-refractivity contribution in [2.45, 2.75) is 19.4 Å². The minimum atomic E-state index is 0.634. The Morgan fingerprint density at radius 2 is 2.36 bits per heavy atom. The number of aromatic nitrogens is 2. The van der Waals surface area contributed by atoms with Gasteiger partial charge in [-0.15, -0.1) is 0 Å². The molecule has 1 rings (SSSR count). The third-order valence-electron chi connectivity index (χ3n) is 1.49. The van der Waals surface area contributed by atoms with Crippen LogP contribution in [-0.4, -0.2) is 16.2 Å². The van der Waals surface area contributed by atoms with Crippen LogP contribution in [0.1, 0.15) is 12.8 Å². The number of hydrogen-bond acceptors (Lipinski definition) is 3. The molecular formula is C7H13N3O. The molecule has 0 amide bonds. The van der Waals surface area contributed by atoms with Crippen molar-refractivity contribution in [1.82, 2.24) is 9.55 Å². The zero-order valence-electron chi connectivity index (χ0n) is 6.44. The number of aryl methyl sites for hydroxylation is 1. The van der Waals surface area contributed by atoms with Crippen LogP contribution in [-0.2, 0) is 11.4 Å². The highest BCUT2D eigenvalue weighted by atomic mass is 16.6. The smallest absolute Gasteiger partial charge is 0.0945 e. The number of unbranched alkanes of at least 4 members (excludes halogenated alkanes) is 1. The molecule has 2 N–H and O–H groups in total. The fourth-order valence-corrected chi connectivity index (χ4v) is 0.899. The topological polar surface area (TPSA) is 53.1 Å². The quantitative estimate of drug-likeness (QED) is 0.499. The van der Waals surface area contributed by atoms with Crippen LogP contribution in [0.25, 0.3) is 0 Å². The Bertz CT molecular complexity index is 174. The summed E-state index contributed by atoms with van der Waals surface area (Å²) in [5, 5.41) is 0. The van der Waals surface area contributed by atoms with Crippen molar-refractivity contribution in [2.75, 3.05) is 6.61 Å². The summed E-state index contributed by atoms with van der Waals surface area (Å²) in [6.45, 7) is 1.62. The van der Waals surface area contributed by atoms with Gasteiger partial charge in [0, 0.05) is 18.9 Å². The Balaban J connectivity index is 2.04. The second-order valence-corrected chi connectivity index (χ2v) is 2.38. The molecule has 0 aliphatic rings. The summed E-state index contributed by atoms with van der Waals surface area (Å²) in [4.78, 5) is 8.36. The minimum absolute atomic E-state index is 0.634. The number of rotatable bonds is 5. The Hall–Kier alpha value is -0.870. The van der Waals surface area contributed by atoms with Crippen molar-refractivity contribution in [2.24, 2.45) is 5.90 Å². The summed E-state index contributed by atoms with van der Waals surface area (Å²) in [6, 6.07) is 0. The lowest BCUT2D eigenvalue weighted by Gasteiger charge is -1.99. The average Bonchev–Trinajstić information content (AvgIpc) is 2.50. The maximum atomic E-state index is 4.87. The van der Waals surface area contributed by atoms with Crippen LogP contribution in [0.4, 0.5) is 0 Å². The van der Waals surface area contributed by atoms with Crippen LogP contribution in [0.15, 0.2) is 18.7 Å². The van der Waals surface area contributed by atoms with Gasteiger partial charge in [-0.25, -0.2) is 10.9 Å². The van der Waals surface area contributed by atoms with Crippen molar-refractivity contribution < 1.29 is 4.84 Å². The van der Waals surface area contributed by atoms with Crippen LogP contribution >= 0.6 is 0 Å². The molecule has 4 nitrogen and oxygen atoms in total. The summed E-state index contributed by atoms with van der Waals surface area (Å²) < 4.78 is 2.04. The van der Waals surface area contributed by atoms with Crippen molar-refractivity contribution in [3.05, 3.63) is 18.7 Å². The molecule has 0 radical (unpaired) electrons. The van der Waals surface area contributed by atoms with Crippen LogP contribution in [0.5, 0.6) is 0 Å². The van der Waals surface area contributed by atoms with Crippen LogP contribution in [0.2, 0.25) is 0 Å². The van der Waals surface area contributed by atoms with Gasteiger partial charge in [0.2, 0.25) is 0 Å². The van der Waals surface area contributed by atoms with Gasteiger partial charge in [-0.1, -0.05) is 0 Å². The Labute approximate surface area is 65.9 Å². The van der Waals surface area contributed by atoms with Gasteiger partial charge in [0.1, 0.15) is 0 Å². The van der Waals surface area contributed by atoms with E-state index in [1.54, 1.807) is 6.20 Å². The number of nitrogens with two attached hydrogens (primary N) is 1. The molecule has 0 bridgehead atoms. The fraction of sp³-hybridized carbons (Fsp3) is 0.571. The minimum Gasteiger partial charge on any atom is -0.337 e. The molecule has 0 saturated heterocycles. The molecule has 4 heteroatoms. The van der Waals surface area contributed by atoms with Gasteiger partial charge in [-0.3, -0.25) is 0 Å². The van der Waals surface area contributed by atoms with Gasteiger partial charge in [-0.05, 0) is 12.8 Å². The molecular weight excluding hydrogens is 142 g/mol. The summed E-state index contributed by atoms with van der Waals surface area (Å²) in [7, 11) is 0. The zero-order chi connectivity index (χ0) is 7.94. The Morgan fingerprint density at radius 3 is 3.00 bits per heavy atom. The van der Waals surface area contributed by atoms with Crippen molar-refractivity contribution >= 4 is 0 Å². The molecule has 0 aliphatic heterocycles. The second kappa shape index (κ2) is 4.87. The molecule has 0 unspecified atom stereocenters. The number of hydrogen-bond donors (Lipinski definition) is 1. The SMILES string of the molecule is NOCCCCn1ccnc1. The summed E-state index contributed by atoms with van der Waals surface area (Å²) in [5.41, 5.74) is 0. The second-order valence-electron chi connectivity index (χ2n) is 2.38. The highest BCUT2D eigenvalue weighted by Gasteiger charge is 1.89. The first kappa shape index (κ1) is 8.23. The molecule has 0 aliphatic carbocycles. The third-order valence-corrected chi connectivity index (χ3v) is 1.49. The highest BCUT2D eigenvalue weighted by Crippen LogP contribution is 1.94.